The van der Waals surface area contributed by atoms with E-state index in [1.165, 1.54) is 14.9 Å². The van der Waals surface area contributed by atoms with Crippen LogP contribution in [0.1, 0.15) is 17.4 Å². The van der Waals surface area contributed by atoms with Gasteiger partial charge in [-0.2, -0.15) is 0 Å². The van der Waals surface area contributed by atoms with Crippen LogP contribution in [0.4, 0.5) is 0 Å². The number of hydrogen-bond acceptors (Lipinski definition) is 3. The first-order chi connectivity index (χ1) is 5.25. The molecule has 1 aromatic rings. The SMILES string of the molecule is CCc1scc(Br)c1C.N=N. The Hall–Kier alpha value is -0.220. The average molecular weight is 235 g/mol. The molecule has 0 unspecified atom stereocenters. The molecule has 0 spiro atoms. The zero-order chi connectivity index (χ0) is 8.85. The molecule has 0 atom stereocenters. The third-order valence-corrected chi connectivity index (χ3v) is 3.76. The van der Waals surface area contributed by atoms with Crippen LogP contribution in [0.2, 0.25) is 0 Å². The second-order valence-electron chi connectivity index (χ2n) is 1.99. The predicted octanol–water partition coefficient (Wildman–Crippen LogP) is 3.98. The normalized spacial score (nSPS) is 8.64. The fraction of sp³-hybridized carbons (Fsp3) is 0.429. The third-order valence-electron chi connectivity index (χ3n) is 1.40. The summed E-state index contributed by atoms with van der Waals surface area (Å²) in [5.41, 5.74) is 11.4. The number of rotatable bonds is 1. The summed E-state index contributed by atoms with van der Waals surface area (Å²) in [7, 11) is 0. The van der Waals surface area contributed by atoms with Crippen molar-refractivity contribution in [3.63, 3.8) is 0 Å². The molecule has 62 valence electrons. The van der Waals surface area contributed by atoms with E-state index in [2.05, 4.69) is 35.2 Å². The standard InChI is InChI=1S/C7H9BrS.H2N2/c1-3-7-5(2)6(8)4-9-7;1-2/h4H,3H2,1-2H3;1-2H. The van der Waals surface area contributed by atoms with E-state index in [0.29, 0.717) is 0 Å². The Morgan fingerprint density at radius 1 is 1.55 bits per heavy atom. The molecular weight excluding hydrogens is 224 g/mol. The molecule has 0 aliphatic heterocycles. The van der Waals surface area contributed by atoms with Crippen molar-refractivity contribution in [2.24, 2.45) is 0 Å². The van der Waals surface area contributed by atoms with Crippen LogP contribution < -0.4 is 0 Å². The fourth-order valence-electron chi connectivity index (χ4n) is 0.781. The van der Waals surface area contributed by atoms with Crippen molar-refractivity contribution in [2.45, 2.75) is 20.3 Å². The second kappa shape index (κ2) is 5.43. The Morgan fingerprint density at radius 3 is 2.27 bits per heavy atom. The van der Waals surface area contributed by atoms with Crippen molar-refractivity contribution in [1.82, 2.24) is 0 Å². The highest BCUT2D eigenvalue weighted by molar-refractivity contribution is 9.10. The number of aryl methyl sites for hydroxylation is 1. The molecule has 0 aliphatic rings. The minimum atomic E-state index is 1.15. The van der Waals surface area contributed by atoms with Crippen molar-refractivity contribution in [3.05, 3.63) is 20.3 Å². The minimum Gasteiger partial charge on any atom is -0.213 e. The maximum atomic E-state index is 5.00. The van der Waals surface area contributed by atoms with Crippen molar-refractivity contribution in [3.8, 4) is 0 Å². The van der Waals surface area contributed by atoms with E-state index in [1.54, 1.807) is 0 Å². The summed E-state index contributed by atoms with van der Waals surface area (Å²) in [6.45, 7) is 4.34. The van der Waals surface area contributed by atoms with Gasteiger partial charge < -0.3 is 0 Å². The summed E-state index contributed by atoms with van der Waals surface area (Å²) >= 11 is 5.30. The lowest BCUT2D eigenvalue weighted by atomic mass is 10.2. The van der Waals surface area contributed by atoms with Gasteiger partial charge in [0, 0.05) is 14.7 Å². The molecule has 0 radical (unpaired) electrons. The Labute approximate surface area is 79.1 Å². The van der Waals surface area contributed by atoms with Gasteiger partial charge in [0.05, 0.1) is 0 Å². The van der Waals surface area contributed by atoms with Gasteiger partial charge in [-0.05, 0) is 34.8 Å². The molecule has 2 nitrogen and oxygen atoms in total. The second-order valence-corrected chi connectivity index (χ2v) is 3.80. The molecule has 0 saturated carbocycles. The van der Waals surface area contributed by atoms with Gasteiger partial charge in [-0.1, -0.05) is 6.92 Å². The van der Waals surface area contributed by atoms with Gasteiger partial charge in [0.25, 0.3) is 0 Å². The van der Waals surface area contributed by atoms with Crippen molar-refractivity contribution in [1.29, 1.82) is 11.1 Å². The summed E-state index contributed by atoms with van der Waals surface area (Å²) < 4.78 is 1.25. The molecule has 0 saturated heterocycles. The van der Waals surface area contributed by atoms with Crippen molar-refractivity contribution >= 4 is 27.3 Å². The summed E-state index contributed by atoms with van der Waals surface area (Å²) in [6, 6.07) is 0. The van der Waals surface area contributed by atoms with Crippen LogP contribution in [-0.2, 0) is 6.42 Å². The lowest BCUT2D eigenvalue weighted by molar-refractivity contribution is 1.05. The number of hydrogen-bond donors (Lipinski definition) is 2. The van der Waals surface area contributed by atoms with Gasteiger partial charge in [0.1, 0.15) is 0 Å². The molecule has 0 amide bonds. The Morgan fingerprint density at radius 2 is 2.09 bits per heavy atom. The zero-order valence-corrected chi connectivity index (χ0v) is 8.97. The zero-order valence-electron chi connectivity index (χ0n) is 6.57. The maximum Gasteiger partial charge on any atom is 0.0314 e. The first-order valence-electron chi connectivity index (χ1n) is 3.23. The van der Waals surface area contributed by atoms with Crippen LogP contribution in [0.5, 0.6) is 0 Å². The van der Waals surface area contributed by atoms with E-state index in [9.17, 15) is 0 Å². The van der Waals surface area contributed by atoms with Gasteiger partial charge in [-0.25, -0.2) is 11.1 Å². The lowest BCUT2D eigenvalue weighted by Crippen LogP contribution is -1.75. The first-order valence-corrected chi connectivity index (χ1v) is 4.90. The Balaban J connectivity index is 0.000000461. The number of nitrogens with one attached hydrogen (secondary N) is 2. The van der Waals surface area contributed by atoms with Gasteiger partial charge in [-0.15, -0.1) is 11.3 Å². The van der Waals surface area contributed by atoms with E-state index in [-0.39, 0.29) is 0 Å². The largest absolute Gasteiger partial charge is 0.213 e. The Bertz CT molecular complexity index is 222. The average Bonchev–Trinajstić information content (AvgIpc) is 2.37. The van der Waals surface area contributed by atoms with Crippen LogP contribution >= 0.6 is 27.3 Å². The van der Waals surface area contributed by atoms with Crippen LogP contribution in [-0.4, -0.2) is 0 Å². The van der Waals surface area contributed by atoms with Crippen LogP contribution in [0.3, 0.4) is 0 Å². The highest BCUT2D eigenvalue weighted by Crippen LogP contribution is 2.26. The molecule has 0 bridgehead atoms. The quantitative estimate of drug-likeness (QED) is 0.692. The van der Waals surface area contributed by atoms with E-state index in [0.717, 1.165) is 6.42 Å². The molecule has 4 heteroatoms. The summed E-state index contributed by atoms with van der Waals surface area (Å²) in [4.78, 5) is 1.49. The molecule has 1 heterocycles. The van der Waals surface area contributed by atoms with Crippen molar-refractivity contribution < 1.29 is 0 Å². The van der Waals surface area contributed by atoms with Gasteiger partial charge in [0.15, 0.2) is 0 Å². The van der Waals surface area contributed by atoms with Gasteiger partial charge in [0.2, 0.25) is 0 Å². The lowest BCUT2D eigenvalue weighted by Gasteiger charge is -1.90. The van der Waals surface area contributed by atoms with Crippen LogP contribution in [0.15, 0.2) is 9.85 Å². The van der Waals surface area contributed by atoms with Gasteiger partial charge >= 0.3 is 0 Å². The fourth-order valence-corrected chi connectivity index (χ4v) is 2.31. The highest BCUT2D eigenvalue weighted by atomic mass is 79.9. The first kappa shape index (κ1) is 10.8. The predicted molar refractivity (Wildman–Crippen MR) is 51.6 cm³/mol. The molecule has 2 N–H and O–H groups in total. The van der Waals surface area contributed by atoms with Crippen LogP contribution in [0.25, 0.3) is 0 Å². The molecule has 11 heavy (non-hydrogen) atoms. The molecule has 0 aliphatic carbocycles. The van der Waals surface area contributed by atoms with E-state index < -0.39 is 0 Å². The smallest absolute Gasteiger partial charge is 0.0314 e. The Kier molecular flexibility index (Phi) is 5.32. The molecular formula is C7H11BrN2S. The summed E-state index contributed by atoms with van der Waals surface area (Å²) in [5.74, 6) is 0. The van der Waals surface area contributed by atoms with E-state index in [1.807, 2.05) is 11.3 Å². The monoisotopic (exact) mass is 234 g/mol. The van der Waals surface area contributed by atoms with E-state index in [4.69, 9.17) is 11.1 Å². The van der Waals surface area contributed by atoms with Crippen LogP contribution in [0, 0.1) is 18.0 Å². The topological polar surface area (TPSA) is 47.7 Å². The number of thiophene rings is 1. The van der Waals surface area contributed by atoms with Gasteiger partial charge in [-0.3, -0.25) is 0 Å². The van der Waals surface area contributed by atoms with Crippen molar-refractivity contribution in [2.75, 3.05) is 0 Å². The highest BCUT2D eigenvalue weighted by Gasteiger charge is 2.00. The molecule has 1 aromatic heterocycles. The third kappa shape index (κ3) is 2.71. The van der Waals surface area contributed by atoms with E-state index >= 15 is 0 Å². The molecule has 0 aromatic carbocycles. The summed E-state index contributed by atoms with van der Waals surface area (Å²) in [5, 5.41) is 2.15. The minimum absolute atomic E-state index is 1.15. The maximum absolute atomic E-state index is 5.00. The summed E-state index contributed by atoms with van der Waals surface area (Å²) in [6.07, 6.45) is 1.15. The molecule has 1 rings (SSSR count). The number of halogens is 1. The molecule has 0 fully saturated rings.